The fraction of sp³-hybridized carbons (Fsp3) is 0.208. The highest BCUT2D eigenvalue weighted by atomic mass is 35.5. The fourth-order valence-corrected chi connectivity index (χ4v) is 3.95. The van der Waals surface area contributed by atoms with Gasteiger partial charge in [0, 0.05) is 12.0 Å². The molecule has 2 heterocycles. The van der Waals surface area contributed by atoms with Crippen molar-refractivity contribution in [1.82, 2.24) is 20.2 Å². The smallest absolute Gasteiger partial charge is 0.355 e. The van der Waals surface area contributed by atoms with Crippen LogP contribution in [-0.4, -0.2) is 32.2 Å². The Morgan fingerprint density at radius 3 is 2.26 bits per heavy atom. The van der Waals surface area contributed by atoms with Gasteiger partial charge in [0.1, 0.15) is 12.0 Å². The van der Waals surface area contributed by atoms with E-state index in [0.717, 1.165) is 4.68 Å². The Balaban J connectivity index is 1.75. The SMILES string of the molecule is Cc1c(C(=O)c2c(CC=O)noc2-c2ccccc2Cl)nnn1Cc1cc(C(F)(F)F)cc(C(F)(F)F)c1. The number of halogens is 7. The van der Waals surface area contributed by atoms with Crippen LogP contribution in [0.1, 0.15) is 44.1 Å². The molecule has 0 aliphatic carbocycles. The molecule has 0 fully saturated rings. The van der Waals surface area contributed by atoms with Crippen molar-refractivity contribution in [2.45, 2.75) is 32.2 Å². The van der Waals surface area contributed by atoms with E-state index in [1.165, 1.54) is 6.92 Å². The number of hydrogen-bond donors (Lipinski definition) is 0. The van der Waals surface area contributed by atoms with Crippen LogP contribution in [0.3, 0.4) is 0 Å². The molecule has 7 nitrogen and oxygen atoms in total. The predicted octanol–water partition coefficient (Wildman–Crippen LogP) is 5.95. The summed E-state index contributed by atoms with van der Waals surface area (Å²) in [7, 11) is 0. The number of ketones is 1. The molecule has 4 aromatic rings. The molecule has 0 saturated heterocycles. The molecular formula is C24H15ClF6N4O3. The van der Waals surface area contributed by atoms with Crippen molar-refractivity contribution < 1.29 is 40.5 Å². The monoisotopic (exact) mass is 556 g/mol. The van der Waals surface area contributed by atoms with Gasteiger partial charge < -0.3 is 9.32 Å². The van der Waals surface area contributed by atoms with Crippen molar-refractivity contribution in [3.05, 3.63) is 86.8 Å². The van der Waals surface area contributed by atoms with Crippen LogP contribution in [0.25, 0.3) is 11.3 Å². The summed E-state index contributed by atoms with van der Waals surface area (Å²) in [6, 6.07) is 7.51. The number of benzene rings is 2. The van der Waals surface area contributed by atoms with Crippen LogP contribution in [0.5, 0.6) is 0 Å². The van der Waals surface area contributed by atoms with Crippen LogP contribution in [0.15, 0.2) is 47.0 Å². The third-order valence-electron chi connectivity index (χ3n) is 5.56. The molecule has 198 valence electrons. The molecule has 0 aliphatic heterocycles. The van der Waals surface area contributed by atoms with Crippen LogP contribution in [0.2, 0.25) is 5.02 Å². The van der Waals surface area contributed by atoms with Gasteiger partial charge in [0.15, 0.2) is 11.5 Å². The Morgan fingerprint density at radius 1 is 1.05 bits per heavy atom. The molecule has 0 spiro atoms. The lowest BCUT2D eigenvalue weighted by atomic mass is 9.99. The number of nitrogens with zero attached hydrogens (tertiary/aromatic N) is 4. The van der Waals surface area contributed by atoms with Crippen LogP contribution in [0, 0.1) is 6.92 Å². The molecule has 0 radical (unpaired) electrons. The summed E-state index contributed by atoms with van der Waals surface area (Å²) >= 11 is 6.22. The average Bonchev–Trinajstić information content (AvgIpc) is 3.41. The van der Waals surface area contributed by atoms with Crippen LogP contribution < -0.4 is 0 Å². The standard InChI is InChI=1S/C24H15ClF6N4O3/c1-12-20(21(37)19-18(6-7-36)33-38-22(19)16-4-2-3-5-17(16)25)32-34-35(12)11-13-8-14(23(26,27)28)10-15(9-13)24(29,30)31/h2-5,7-10H,6,11H2,1H3. The second kappa shape index (κ2) is 10.0. The van der Waals surface area contributed by atoms with Gasteiger partial charge in [-0.05, 0) is 42.8 Å². The summed E-state index contributed by atoms with van der Waals surface area (Å²) < 4.78 is 85.7. The summed E-state index contributed by atoms with van der Waals surface area (Å²) in [5, 5.41) is 11.6. The molecule has 0 amide bonds. The minimum Gasteiger partial charge on any atom is -0.355 e. The second-order valence-corrected chi connectivity index (χ2v) is 8.52. The number of aromatic nitrogens is 4. The van der Waals surface area contributed by atoms with Gasteiger partial charge in [-0.3, -0.25) is 4.79 Å². The highest BCUT2D eigenvalue weighted by Crippen LogP contribution is 2.37. The van der Waals surface area contributed by atoms with E-state index in [4.69, 9.17) is 16.1 Å². The molecule has 38 heavy (non-hydrogen) atoms. The quantitative estimate of drug-likeness (QED) is 0.159. The third-order valence-corrected chi connectivity index (χ3v) is 5.89. The van der Waals surface area contributed by atoms with Crippen LogP contribution >= 0.6 is 11.6 Å². The molecular weight excluding hydrogens is 542 g/mol. The van der Waals surface area contributed by atoms with Crippen molar-refractivity contribution in [2.75, 3.05) is 0 Å². The van der Waals surface area contributed by atoms with E-state index in [1.807, 2.05) is 0 Å². The van der Waals surface area contributed by atoms with E-state index in [2.05, 4.69) is 15.5 Å². The Morgan fingerprint density at radius 2 is 1.68 bits per heavy atom. The number of hydrogen-bond acceptors (Lipinski definition) is 6. The average molecular weight is 557 g/mol. The summed E-state index contributed by atoms with van der Waals surface area (Å²) in [4.78, 5) is 24.7. The zero-order valence-corrected chi connectivity index (χ0v) is 19.9. The van der Waals surface area contributed by atoms with Crippen LogP contribution in [-0.2, 0) is 30.1 Å². The van der Waals surface area contributed by atoms with Gasteiger partial charge >= 0.3 is 12.4 Å². The van der Waals surface area contributed by atoms with Crippen molar-refractivity contribution in [3.8, 4) is 11.3 Å². The Bertz CT molecular complexity index is 1490. The highest BCUT2D eigenvalue weighted by Gasteiger charge is 2.37. The molecule has 0 aliphatic rings. The minimum absolute atomic E-state index is 0.0124. The first-order valence-corrected chi connectivity index (χ1v) is 11.1. The number of carbonyl (C=O) groups is 2. The largest absolute Gasteiger partial charge is 0.416 e. The molecule has 0 N–H and O–H groups in total. The zero-order valence-electron chi connectivity index (χ0n) is 19.2. The number of rotatable bonds is 7. The molecule has 4 rings (SSSR count). The molecule has 2 aromatic carbocycles. The molecule has 0 atom stereocenters. The predicted molar refractivity (Wildman–Crippen MR) is 120 cm³/mol. The van der Waals surface area contributed by atoms with Crippen molar-refractivity contribution >= 4 is 23.7 Å². The van der Waals surface area contributed by atoms with Crippen molar-refractivity contribution in [1.29, 1.82) is 0 Å². The zero-order chi connectivity index (χ0) is 27.8. The van der Waals surface area contributed by atoms with E-state index in [1.54, 1.807) is 24.3 Å². The second-order valence-electron chi connectivity index (χ2n) is 8.11. The summed E-state index contributed by atoms with van der Waals surface area (Å²) in [5.41, 5.74) is -3.38. The van der Waals surface area contributed by atoms with E-state index >= 15 is 0 Å². The normalized spacial score (nSPS) is 12.1. The van der Waals surface area contributed by atoms with Gasteiger partial charge in [0.05, 0.1) is 34.0 Å². The maximum Gasteiger partial charge on any atom is 0.416 e. The highest BCUT2D eigenvalue weighted by molar-refractivity contribution is 6.33. The van der Waals surface area contributed by atoms with Gasteiger partial charge in [-0.25, -0.2) is 4.68 Å². The summed E-state index contributed by atoms with van der Waals surface area (Å²) in [5.74, 6) is -0.819. The molecule has 2 aromatic heterocycles. The minimum atomic E-state index is -5.02. The van der Waals surface area contributed by atoms with E-state index in [-0.39, 0.29) is 51.5 Å². The third kappa shape index (κ3) is 5.32. The van der Waals surface area contributed by atoms with Gasteiger partial charge in [-0.15, -0.1) is 5.10 Å². The Kier molecular flexibility index (Phi) is 7.15. The first kappa shape index (κ1) is 27.0. The van der Waals surface area contributed by atoms with Gasteiger partial charge in [-0.2, -0.15) is 26.3 Å². The van der Waals surface area contributed by atoms with Gasteiger partial charge in [-0.1, -0.05) is 34.1 Å². The lowest BCUT2D eigenvalue weighted by molar-refractivity contribution is -0.143. The van der Waals surface area contributed by atoms with Crippen molar-refractivity contribution in [2.24, 2.45) is 0 Å². The molecule has 0 bridgehead atoms. The number of aldehydes is 1. The fourth-order valence-electron chi connectivity index (χ4n) is 3.73. The van der Waals surface area contributed by atoms with E-state index in [0.29, 0.717) is 24.0 Å². The number of alkyl halides is 6. The Hall–Kier alpha value is -4.00. The first-order valence-electron chi connectivity index (χ1n) is 10.7. The molecule has 14 heteroatoms. The van der Waals surface area contributed by atoms with Gasteiger partial charge in [0.2, 0.25) is 5.78 Å². The maximum absolute atomic E-state index is 13.5. The first-order chi connectivity index (χ1) is 17.8. The number of carbonyl (C=O) groups excluding carboxylic acids is 2. The molecule has 0 saturated carbocycles. The summed E-state index contributed by atoms with van der Waals surface area (Å²) in [6.07, 6.45) is -9.83. The summed E-state index contributed by atoms with van der Waals surface area (Å²) in [6.45, 7) is 0.828. The van der Waals surface area contributed by atoms with Crippen LogP contribution in [0.4, 0.5) is 26.3 Å². The lowest BCUT2D eigenvalue weighted by Crippen LogP contribution is -2.14. The maximum atomic E-state index is 13.5. The molecule has 0 unspecified atom stereocenters. The van der Waals surface area contributed by atoms with E-state index < -0.39 is 35.8 Å². The lowest BCUT2D eigenvalue weighted by Gasteiger charge is -2.14. The topological polar surface area (TPSA) is 90.9 Å². The van der Waals surface area contributed by atoms with Gasteiger partial charge in [0.25, 0.3) is 0 Å². The van der Waals surface area contributed by atoms with E-state index in [9.17, 15) is 35.9 Å². The van der Waals surface area contributed by atoms with Crippen molar-refractivity contribution in [3.63, 3.8) is 0 Å². The Labute approximate surface area is 215 Å².